The van der Waals surface area contributed by atoms with Crippen molar-refractivity contribution in [1.29, 1.82) is 0 Å². The van der Waals surface area contributed by atoms with Crippen molar-refractivity contribution in [2.75, 3.05) is 18.0 Å². The van der Waals surface area contributed by atoms with E-state index in [4.69, 9.17) is 26.3 Å². The molecule has 2 aromatic carbocycles. The van der Waals surface area contributed by atoms with Crippen LogP contribution in [0.15, 0.2) is 40.9 Å². The fraction of sp³-hybridized carbons (Fsp3) is 0.483. The number of aromatic nitrogens is 2. The van der Waals surface area contributed by atoms with Crippen LogP contribution in [-0.4, -0.2) is 51.7 Å². The third-order valence-corrected chi connectivity index (χ3v) is 8.77. The highest BCUT2D eigenvalue weighted by Crippen LogP contribution is 2.42. The Hall–Kier alpha value is -2.38. The lowest BCUT2D eigenvalue weighted by Gasteiger charge is -2.42. The molecule has 6 rings (SSSR count). The molecule has 8 heteroatoms. The van der Waals surface area contributed by atoms with Gasteiger partial charge in [0.1, 0.15) is 11.4 Å². The van der Waals surface area contributed by atoms with Crippen molar-refractivity contribution in [3.8, 4) is 0 Å². The number of halogens is 2. The van der Waals surface area contributed by atoms with Crippen LogP contribution >= 0.6 is 27.5 Å². The van der Waals surface area contributed by atoms with Crippen molar-refractivity contribution >= 4 is 50.2 Å². The average Bonchev–Trinajstić information content (AvgIpc) is 3.11. The van der Waals surface area contributed by atoms with Gasteiger partial charge in [-0.1, -0.05) is 46.3 Å². The van der Waals surface area contributed by atoms with Gasteiger partial charge in [-0.3, -0.25) is 4.90 Å². The third-order valence-electron chi connectivity index (χ3n) is 7.94. The number of carbonyl (C=O) groups excluding carboxylic acids is 1. The molecule has 2 aliphatic heterocycles. The van der Waals surface area contributed by atoms with E-state index in [0.717, 1.165) is 61.2 Å². The lowest BCUT2D eigenvalue weighted by Crippen LogP contribution is -2.57. The van der Waals surface area contributed by atoms with E-state index >= 15 is 0 Å². The van der Waals surface area contributed by atoms with Crippen molar-refractivity contribution in [3.05, 3.63) is 63.0 Å². The number of hydrogen-bond donors (Lipinski definition) is 0. The summed E-state index contributed by atoms with van der Waals surface area (Å²) in [5.74, 6) is 1.32. The fourth-order valence-electron chi connectivity index (χ4n) is 6.45. The van der Waals surface area contributed by atoms with Crippen LogP contribution in [0.5, 0.6) is 0 Å². The maximum absolute atomic E-state index is 12.9. The van der Waals surface area contributed by atoms with E-state index in [-0.39, 0.29) is 18.2 Å². The molecule has 194 valence electrons. The second kappa shape index (κ2) is 9.42. The summed E-state index contributed by atoms with van der Waals surface area (Å²) in [4.78, 5) is 26.7. The Bertz CT molecular complexity index is 1350. The molecule has 3 aliphatic rings. The number of fused-ring (bicyclic) bond motifs is 4. The van der Waals surface area contributed by atoms with Gasteiger partial charge >= 0.3 is 6.09 Å². The summed E-state index contributed by atoms with van der Waals surface area (Å²) in [5.41, 5.74) is 3.13. The molecule has 0 N–H and O–H groups in total. The molecule has 37 heavy (non-hydrogen) atoms. The zero-order valence-corrected chi connectivity index (χ0v) is 23.8. The number of hydrogen-bond acceptors (Lipinski definition) is 5. The largest absolute Gasteiger partial charge is 0.444 e. The Morgan fingerprint density at radius 2 is 1.76 bits per heavy atom. The predicted molar refractivity (Wildman–Crippen MR) is 151 cm³/mol. The van der Waals surface area contributed by atoms with Crippen LogP contribution in [0.25, 0.3) is 10.8 Å². The summed E-state index contributed by atoms with van der Waals surface area (Å²) in [6.45, 7) is 7.25. The maximum atomic E-state index is 12.9. The van der Waals surface area contributed by atoms with Crippen LogP contribution < -0.4 is 4.90 Å². The molecule has 3 aromatic rings. The summed E-state index contributed by atoms with van der Waals surface area (Å²) in [6, 6.07) is 13.2. The summed E-state index contributed by atoms with van der Waals surface area (Å²) in [5, 5.41) is 2.83. The highest BCUT2D eigenvalue weighted by molar-refractivity contribution is 9.10. The van der Waals surface area contributed by atoms with Crippen LogP contribution in [-0.2, 0) is 17.6 Å². The number of carbonyl (C=O) groups is 1. The van der Waals surface area contributed by atoms with E-state index in [1.807, 2.05) is 25.7 Å². The molecule has 2 bridgehead atoms. The Labute approximate surface area is 231 Å². The number of nitrogens with zero attached hydrogens (tertiary/aromatic N) is 4. The number of ether oxygens (including phenoxy) is 1. The molecular formula is C29H32BrClN4O2. The van der Waals surface area contributed by atoms with Crippen LogP contribution in [0.1, 0.15) is 62.8 Å². The molecule has 1 aliphatic carbocycles. The minimum Gasteiger partial charge on any atom is -0.444 e. The van der Waals surface area contributed by atoms with Crippen molar-refractivity contribution in [2.24, 2.45) is 0 Å². The Morgan fingerprint density at radius 1 is 1.05 bits per heavy atom. The normalized spacial score (nSPS) is 23.3. The van der Waals surface area contributed by atoms with E-state index in [0.29, 0.717) is 11.2 Å². The maximum Gasteiger partial charge on any atom is 0.410 e. The zero-order chi connectivity index (χ0) is 25.9. The van der Waals surface area contributed by atoms with Gasteiger partial charge in [0, 0.05) is 23.1 Å². The number of amides is 1. The van der Waals surface area contributed by atoms with Crippen molar-refractivity contribution in [1.82, 2.24) is 14.9 Å². The van der Waals surface area contributed by atoms with E-state index in [2.05, 4.69) is 57.2 Å². The van der Waals surface area contributed by atoms with Crippen LogP contribution in [0.2, 0.25) is 5.28 Å². The standard InChI is InChI=1S/C29H32BrClN4O2/c1-29(2,3)37-28(36)35-19-11-12-20(35)16-34(15-19)26-22-13-10-18(14-24(22)32-27(31)33-26)21-8-4-6-17-7-5-9-23(30)25(17)21/h4-9,18-20H,10-16H2,1-3H3. The zero-order valence-electron chi connectivity index (χ0n) is 21.5. The van der Waals surface area contributed by atoms with E-state index in [9.17, 15) is 4.79 Å². The first kappa shape index (κ1) is 24.9. The lowest BCUT2D eigenvalue weighted by atomic mass is 9.80. The molecule has 6 nitrogen and oxygen atoms in total. The number of piperazine rings is 1. The molecule has 3 heterocycles. The fourth-order valence-corrected chi connectivity index (χ4v) is 7.24. The highest BCUT2D eigenvalue weighted by atomic mass is 79.9. The Morgan fingerprint density at radius 3 is 2.46 bits per heavy atom. The summed E-state index contributed by atoms with van der Waals surface area (Å²) >= 11 is 10.3. The predicted octanol–water partition coefficient (Wildman–Crippen LogP) is 6.91. The molecule has 2 fully saturated rings. The van der Waals surface area contributed by atoms with Gasteiger partial charge in [-0.15, -0.1) is 0 Å². The molecule has 1 aromatic heterocycles. The van der Waals surface area contributed by atoms with Crippen LogP contribution in [0, 0.1) is 0 Å². The Kier molecular flexibility index (Phi) is 6.35. The molecule has 2 saturated heterocycles. The first-order valence-corrected chi connectivity index (χ1v) is 14.3. The first-order chi connectivity index (χ1) is 17.7. The third kappa shape index (κ3) is 4.69. The number of anilines is 1. The highest BCUT2D eigenvalue weighted by Gasteiger charge is 2.45. The van der Waals surface area contributed by atoms with Crippen LogP contribution in [0.3, 0.4) is 0 Å². The molecule has 0 saturated carbocycles. The molecule has 0 spiro atoms. The molecule has 1 amide bonds. The SMILES string of the molecule is CC(C)(C)OC(=O)N1C2CCC1CN(c1nc(Cl)nc3c1CCC(c1cccc4cccc(Br)c14)C3)C2. The summed E-state index contributed by atoms with van der Waals surface area (Å²) < 4.78 is 6.85. The van der Waals surface area contributed by atoms with Crippen molar-refractivity contribution < 1.29 is 9.53 Å². The monoisotopic (exact) mass is 582 g/mol. The average molecular weight is 584 g/mol. The van der Waals surface area contributed by atoms with Crippen molar-refractivity contribution in [2.45, 2.75) is 76.5 Å². The minimum absolute atomic E-state index is 0.127. The second-order valence-electron chi connectivity index (χ2n) is 11.5. The first-order valence-electron chi connectivity index (χ1n) is 13.2. The van der Waals surface area contributed by atoms with Gasteiger partial charge < -0.3 is 9.64 Å². The van der Waals surface area contributed by atoms with Gasteiger partial charge in [-0.25, -0.2) is 14.8 Å². The van der Waals surface area contributed by atoms with Gasteiger partial charge in [0.25, 0.3) is 0 Å². The Balaban J connectivity index is 1.27. The van der Waals surface area contributed by atoms with E-state index in [1.165, 1.54) is 21.9 Å². The van der Waals surface area contributed by atoms with E-state index < -0.39 is 5.60 Å². The molecule has 3 atom stereocenters. The molecular weight excluding hydrogens is 552 g/mol. The van der Waals surface area contributed by atoms with Gasteiger partial charge in [-0.2, -0.15) is 0 Å². The van der Waals surface area contributed by atoms with Gasteiger partial charge in [-0.05, 0) is 92.8 Å². The smallest absolute Gasteiger partial charge is 0.410 e. The van der Waals surface area contributed by atoms with Gasteiger partial charge in [0.15, 0.2) is 0 Å². The molecule has 0 radical (unpaired) electrons. The van der Waals surface area contributed by atoms with E-state index in [1.54, 1.807) is 0 Å². The number of benzene rings is 2. The van der Waals surface area contributed by atoms with Gasteiger partial charge in [0.2, 0.25) is 5.28 Å². The number of rotatable bonds is 2. The van der Waals surface area contributed by atoms with Crippen LogP contribution in [0.4, 0.5) is 10.6 Å². The lowest BCUT2D eigenvalue weighted by molar-refractivity contribution is 0.0122. The van der Waals surface area contributed by atoms with Crippen molar-refractivity contribution in [3.63, 3.8) is 0 Å². The second-order valence-corrected chi connectivity index (χ2v) is 12.7. The molecule has 3 unspecified atom stereocenters. The summed E-state index contributed by atoms with van der Waals surface area (Å²) in [7, 11) is 0. The summed E-state index contributed by atoms with van der Waals surface area (Å²) in [6.07, 6.45) is 4.56. The van der Waals surface area contributed by atoms with Gasteiger partial charge in [0.05, 0.1) is 17.8 Å². The quantitative estimate of drug-likeness (QED) is 0.307. The topological polar surface area (TPSA) is 58.6 Å². The minimum atomic E-state index is -0.497.